The molecule has 116 valence electrons. The molecule has 4 nitrogen and oxygen atoms in total. The van der Waals surface area contributed by atoms with E-state index in [0.29, 0.717) is 0 Å². The van der Waals surface area contributed by atoms with E-state index in [9.17, 15) is 0 Å². The molecular weight excluding hydrogens is 280 g/mol. The molecule has 1 aromatic rings. The molecular formula is C16H26N4S. The Morgan fingerprint density at radius 3 is 2.71 bits per heavy atom. The Morgan fingerprint density at radius 1 is 1.14 bits per heavy atom. The van der Waals surface area contributed by atoms with Crippen LogP contribution in [-0.2, 0) is 0 Å². The summed E-state index contributed by atoms with van der Waals surface area (Å²) in [5.41, 5.74) is 0. The molecule has 0 aromatic carbocycles. The van der Waals surface area contributed by atoms with Crippen molar-refractivity contribution in [1.82, 2.24) is 20.1 Å². The average Bonchev–Trinajstić information content (AvgIpc) is 3.43. The van der Waals surface area contributed by atoms with Gasteiger partial charge in [0.1, 0.15) is 5.82 Å². The van der Waals surface area contributed by atoms with Crippen LogP contribution in [0.15, 0.2) is 5.16 Å². The van der Waals surface area contributed by atoms with E-state index in [1.807, 2.05) is 11.8 Å². The predicted octanol–water partition coefficient (Wildman–Crippen LogP) is 3.36. The van der Waals surface area contributed by atoms with Crippen molar-refractivity contribution in [2.75, 3.05) is 12.8 Å². The summed E-state index contributed by atoms with van der Waals surface area (Å²) < 4.78 is 2.48. The SMILES string of the molecule is CNC1CCCC1CCSc1nnc(C2CC2)n1C1CC1. The first-order valence-electron chi connectivity index (χ1n) is 8.61. The smallest absolute Gasteiger partial charge is 0.191 e. The van der Waals surface area contributed by atoms with Crippen molar-refractivity contribution in [2.45, 2.75) is 74.5 Å². The Bertz CT molecular complexity index is 492. The summed E-state index contributed by atoms with van der Waals surface area (Å²) in [7, 11) is 2.11. The van der Waals surface area contributed by atoms with Crippen LogP contribution in [0.2, 0.25) is 0 Å². The van der Waals surface area contributed by atoms with Crippen molar-refractivity contribution < 1.29 is 0 Å². The number of hydrogen-bond acceptors (Lipinski definition) is 4. The standard InChI is InChI=1S/C16H26N4S/c1-17-14-4-2-3-11(14)9-10-21-16-19-18-15(12-5-6-12)20(16)13-7-8-13/h11-14,17H,2-10H2,1H3. The number of hydrogen-bond donors (Lipinski definition) is 1. The molecule has 3 aliphatic rings. The van der Waals surface area contributed by atoms with Crippen molar-refractivity contribution in [3.8, 4) is 0 Å². The minimum Gasteiger partial charge on any atom is -0.317 e. The first-order valence-corrected chi connectivity index (χ1v) is 9.60. The van der Waals surface area contributed by atoms with Gasteiger partial charge in [0.25, 0.3) is 0 Å². The van der Waals surface area contributed by atoms with Gasteiger partial charge in [-0.3, -0.25) is 0 Å². The Morgan fingerprint density at radius 2 is 2.00 bits per heavy atom. The summed E-state index contributed by atoms with van der Waals surface area (Å²) >= 11 is 1.94. The molecule has 0 bridgehead atoms. The molecule has 5 heteroatoms. The van der Waals surface area contributed by atoms with E-state index in [2.05, 4.69) is 27.1 Å². The van der Waals surface area contributed by atoms with Gasteiger partial charge in [0.2, 0.25) is 0 Å². The van der Waals surface area contributed by atoms with E-state index in [-0.39, 0.29) is 0 Å². The minimum atomic E-state index is 0.717. The van der Waals surface area contributed by atoms with Crippen LogP contribution in [0.4, 0.5) is 0 Å². The fourth-order valence-electron chi connectivity index (χ4n) is 3.75. The average molecular weight is 306 g/mol. The van der Waals surface area contributed by atoms with E-state index in [1.165, 1.54) is 68.1 Å². The van der Waals surface area contributed by atoms with Crippen LogP contribution in [0.25, 0.3) is 0 Å². The normalized spacial score (nSPS) is 29.2. The first kappa shape index (κ1) is 14.1. The van der Waals surface area contributed by atoms with Crippen molar-refractivity contribution in [1.29, 1.82) is 0 Å². The number of rotatable bonds is 7. The Kier molecular flexibility index (Phi) is 3.96. The van der Waals surface area contributed by atoms with Gasteiger partial charge in [-0.15, -0.1) is 10.2 Å². The Balaban J connectivity index is 1.36. The van der Waals surface area contributed by atoms with Gasteiger partial charge >= 0.3 is 0 Å². The molecule has 1 aromatic heterocycles. The summed E-state index contributed by atoms with van der Waals surface area (Å²) in [5.74, 6) is 4.06. The lowest BCUT2D eigenvalue weighted by molar-refractivity contribution is 0.417. The second-order valence-electron chi connectivity index (χ2n) is 6.94. The maximum atomic E-state index is 4.50. The van der Waals surface area contributed by atoms with Gasteiger partial charge in [0.05, 0.1) is 0 Å². The highest BCUT2D eigenvalue weighted by Gasteiger charge is 2.36. The fourth-order valence-corrected chi connectivity index (χ4v) is 4.83. The van der Waals surface area contributed by atoms with Crippen molar-refractivity contribution in [2.24, 2.45) is 5.92 Å². The monoisotopic (exact) mass is 306 g/mol. The summed E-state index contributed by atoms with van der Waals surface area (Å²) in [6, 6.07) is 1.46. The lowest BCUT2D eigenvalue weighted by Crippen LogP contribution is -2.29. The highest BCUT2D eigenvalue weighted by atomic mass is 32.2. The maximum absolute atomic E-state index is 4.50. The van der Waals surface area contributed by atoms with Crippen molar-refractivity contribution >= 4 is 11.8 Å². The van der Waals surface area contributed by atoms with Gasteiger partial charge in [-0.05, 0) is 57.9 Å². The quantitative estimate of drug-likeness (QED) is 0.784. The predicted molar refractivity (Wildman–Crippen MR) is 85.8 cm³/mol. The first-order chi connectivity index (χ1) is 10.4. The second kappa shape index (κ2) is 5.92. The summed E-state index contributed by atoms with van der Waals surface area (Å²) in [5, 5.41) is 13.7. The molecule has 2 unspecified atom stereocenters. The highest BCUT2D eigenvalue weighted by Crippen LogP contribution is 2.46. The van der Waals surface area contributed by atoms with Crippen molar-refractivity contribution in [3.63, 3.8) is 0 Å². The fraction of sp³-hybridized carbons (Fsp3) is 0.875. The van der Waals surface area contributed by atoms with Gasteiger partial charge in [-0.1, -0.05) is 18.2 Å². The summed E-state index contributed by atoms with van der Waals surface area (Å²) in [6.45, 7) is 0. The zero-order chi connectivity index (χ0) is 14.2. The molecule has 1 heterocycles. The van der Waals surface area contributed by atoms with Gasteiger partial charge in [0.15, 0.2) is 5.16 Å². The number of aromatic nitrogens is 3. The lowest BCUT2D eigenvalue weighted by atomic mass is 10.0. The number of nitrogens with zero attached hydrogens (tertiary/aromatic N) is 3. The van der Waals surface area contributed by atoms with Gasteiger partial charge in [-0.2, -0.15) is 0 Å². The van der Waals surface area contributed by atoms with Crippen LogP contribution in [-0.4, -0.2) is 33.6 Å². The van der Waals surface area contributed by atoms with Crippen LogP contribution in [0.1, 0.15) is 69.2 Å². The molecule has 0 saturated heterocycles. The van der Waals surface area contributed by atoms with Crippen LogP contribution in [0, 0.1) is 5.92 Å². The van der Waals surface area contributed by atoms with Crippen LogP contribution < -0.4 is 5.32 Å². The minimum absolute atomic E-state index is 0.717. The van der Waals surface area contributed by atoms with Crippen LogP contribution in [0.5, 0.6) is 0 Å². The molecule has 0 aliphatic heterocycles. The van der Waals surface area contributed by atoms with E-state index in [0.717, 1.165) is 23.9 Å². The topological polar surface area (TPSA) is 42.7 Å². The van der Waals surface area contributed by atoms with Crippen molar-refractivity contribution in [3.05, 3.63) is 5.82 Å². The van der Waals surface area contributed by atoms with E-state index >= 15 is 0 Å². The van der Waals surface area contributed by atoms with E-state index in [4.69, 9.17) is 0 Å². The molecule has 4 rings (SSSR count). The van der Waals surface area contributed by atoms with Gasteiger partial charge in [-0.25, -0.2) is 0 Å². The van der Waals surface area contributed by atoms with Gasteiger partial charge < -0.3 is 9.88 Å². The number of thioether (sulfide) groups is 1. The van der Waals surface area contributed by atoms with E-state index < -0.39 is 0 Å². The molecule has 0 spiro atoms. The van der Waals surface area contributed by atoms with Crippen LogP contribution in [0.3, 0.4) is 0 Å². The largest absolute Gasteiger partial charge is 0.317 e. The molecule has 1 N–H and O–H groups in total. The molecule has 0 radical (unpaired) electrons. The molecule has 3 saturated carbocycles. The maximum Gasteiger partial charge on any atom is 0.191 e. The zero-order valence-electron chi connectivity index (χ0n) is 12.9. The second-order valence-corrected chi connectivity index (χ2v) is 8.00. The zero-order valence-corrected chi connectivity index (χ0v) is 13.7. The van der Waals surface area contributed by atoms with Gasteiger partial charge in [0, 0.05) is 23.8 Å². The highest BCUT2D eigenvalue weighted by molar-refractivity contribution is 7.99. The van der Waals surface area contributed by atoms with Crippen LogP contribution >= 0.6 is 11.8 Å². The third kappa shape index (κ3) is 3.00. The number of nitrogens with one attached hydrogen (secondary N) is 1. The molecule has 21 heavy (non-hydrogen) atoms. The third-order valence-corrected chi connectivity index (χ3v) is 6.27. The molecule has 0 amide bonds. The molecule has 2 atom stereocenters. The summed E-state index contributed by atoms with van der Waals surface area (Å²) in [6.07, 6.45) is 10.8. The molecule has 3 fully saturated rings. The Labute approximate surface area is 131 Å². The molecule has 3 aliphatic carbocycles. The Hall–Kier alpha value is -0.550. The lowest BCUT2D eigenvalue weighted by Gasteiger charge is -2.18. The summed E-state index contributed by atoms with van der Waals surface area (Å²) in [4.78, 5) is 0. The van der Waals surface area contributed by atoms with E-state index in [1.54, 1.807) is 0 Å². The third-order valence-electron chi connectivity index (χ3n) is 5.30.